The first-order chi connectivity index (χ1) is 14.8. The number of allylic oxidation sites excluding steroid dienone is 3. The smallest absolute Gasteiger partial charge is 0.262 e. The molecule has 8 heteroatoms. The lowest BCUT2D eigenvalue weighted by Crippen LogP contribution is -2.31. The van der Waals surface area contributed by atoms with Crippen LogP contribution in [0.2, 0.25) is 0 Å². The zero-order valence-corrected chi connectivity index (χ0v) is 18.0. The van der Waals surface area contributed by atoms with Gasteiger partial charge in [0.2, 0.25) is 0 Å². The first-order valence-electron chi connectivity index (χ1n) is 9.91. The number of likely N-dealkylation sites (N-methyl/N-ethyl adjacent to an activating group) is 1. The van der Waals surface area contributed by atoms with Crippen molar-refractivity contribution in [3.05, 3.63) is 80.4 Å². The molecular weight excluding hydrogens is 396 g/mol. The van der Waals surface area contributed by atoms with E-state index >= 15 is 0 Å². The average molecular weight is 422 g/mol. The van der Waals surface area contributed by atoms with Crippen molar-refractivity contribution >= 4 is 22.6 Å². The molecule has 0 fully saturated rings. The van der Waals surface area contributed by atoms with Gasteiger partial charge in [0.1, 0.15) is 5.75 Å². The molecule has 162 valence electrons. The fraction of sp³-hybridized carbons (Fsp3) is 0.304. The molecule has 0 radical (unpaired) electrons. The largest absolute Gasteiger partial charge is 0.497 e. The van der Waals surface area contributed by atoms with Gasteiger partial charge in [-0.15, -0.1) is 0 Å². The van der Waals surface area contributed by atoms with Gasteiger partial charge in [-0.3, -0.25) is 19.9 Å². The average Bonchev–Trinajstić information content (AvgIpc) is 2.75. The zero-order valence-electron chi connectivity index (χ0n) is 18.0. The standard InChI is InChI=1S/C23H26N4O4/c1-16(27(29)30)7-5-6-8-17-14-24-15-21-20-13-18(31-4)9-10-19(20)23(28)26(22(17)21)12-11-25(2)3/h5,7-10,13,15H,1,6,11-12,14H2,2-4H3/b7-5-,17-8+. The van der Waals surface area contributed by atoms with Crippen molar-refractivity contribution in [1.29, 1.82) is 0 Å². The number of aliphatic imine (C=N–C) groups is 1. The Morgan fingerprint density at radius 2 is 2.16 bits per heavy atom. The van der Waals surface area contributed by atoms with Crippen molar-refractivity contribution < 1.29 is 9.66 Å². The molecule has 0 atom stereocenters. The number of hydrogen-bond acceptors (Lipinski definition) is 6. The Hall–Kier alpha value is -3.52. The van der Waals surface area contributed by atoms with Crippen LogP contribution in [0.15, 0.2) is 58.5 Å². The molecule has 2 aromatic rings. The van der Waals surface area contributed by atoms with Gasteiger partial charge in [0.05, 0.1) is 24.3 Å². The molecule has 3 rings (SSSR count). The number of aromatic nitrogens is 1. The summed E-state index contributed by atoms with van der Waals surface area (Å²) in [5, 5.41) is 12.1. The summed E-state index contributed by atoms with van der Waals surface area (Å²) in [6.45, 7) is 5.08. The summed E-state index contributed by atoms with van der Waals surface area (Å²) in [7, 11) is 5.53. The predicted octanol–water partition coefficient (Wildman–Crippen LogP) is 3.12. The predicted molar refractivity (Wildman–Crippen MR) is 124 cm³/mol. The molecule has 31 heavy (non-hydrogen) atoms. The maximum Gasteiger partial charge on any atom is 0.262 e. The van der Waals surface area contributed by atoms with Crippen LogP contribution in [-0.2, 0) is 6.54 Å². The molecule has 2 heterocycles. The van der Waals surface area contributed by atoms with E-state index in [1.807, 2.05) is 37.4 Å². The Kier molecular flexibility index (Phi) is 6.81. The van der Waals surface area contributed by atoms with Gasteiger partial charge in [0.15, 0.2) is 0 Å². The lowest BCUT2D eigenvalue weighted by molar-refractivity contribution is -0.418. The summed E-state index contributed by atoms with van der Waals surface area (Å²) in [5.74, 6) is 0.672. The normalized spacial score (nSPS) is 14.5. The van der Waals surface area contributed by atoms with E-state index in [9.17, 15) is 14.9 Å². The van der Waals surface area contributed by atoms with E-state index in [0.29, 0.717) is 37.2 Å². The van der Waals surface area contributed by atoms with E-state index in [4.69, 9.17) is 4.74 Å². The second kappa shape index (κ2) is 9.53. The number of pyridine rings is 1. The molecule has 0 spiro atoms. The van der Waals surface area contributed by atoms with Crippen LogP contribution in [0.3, 0.4) is 0 Å². The Bertz CT molecular complexity index is 1170. The van der Waals surface area contributed by atoms with Gasteiger partial charge < -0.3 is 14.2 Å². The SMILES string of the molecule is C=C(/C=C\C/C=C1\CN=Cc2c1n(CCN(C)C)c(=O)c1ccc(OC)cc21)[N+](=O)[O-]. The van der Waals surface area contributed by atoms with Gasteiger partial charge >= 0.3 is 0 Å². The molecule has 0 bridgehead atoms. The van der Waals surface area contributed by atoms with Crippen LogP contribution in [0.5, 0.6) is 5.75 Å². The van der Waals surface area contributed by atoms with E-state index in [1.165, 1.54) is 6.08 Å². The van der Waals surface area contributed by atoms with Crippen LogP contribution in [0.4, 0.5) is 0 Å². The summed E-state index contributed by atoms with van der Waals surface area (Å²) in [6.07, 6.45) is 7.30. The molecular formula is C23H26N4O4. The summed E-state index contributed by atoms with van der Waals surface area (Å²) in [5.41, 5.74) is 2.40. The van der Waals surface area contributed by atoms with Gasteiger partial charge in [-0.05, 0) is 50.9 Å². The highest BCUT2D eigenvalue weighted by atomic mass is 16.6. The second-order valence-corrected chi connectivity index (χ2v) is 7.52. The van der Waals surface area contributed by atoms with Gasteiger partial charge in [0, 0.05) is 41.7 Å². The first-order valence-corrected chi connectivity index (χ1v) is 9.91. The van der Waals surface area contributed by atoms with Crippen molar-refractivity contribution in [3.63, 3.8) is 0 Å². The van der Waals surface area contributed by atoms with Crippen molar-refractivity contribution in [3.8, 4) is 5.75 Å². The maximum atomic E-state index is 13.4. The van der Waals surface area contributed by atoms with Crippen LogP contribution < -0.4 is 10.3 Å². The Balaban J connectivity index is 2.14. The zero-order chi connectivity index (χ0) is 22.5. The van der Waals surface area contributed by atoms with Crippen molar-refractivity contribution in [2.24, 2.45) is 4.99 Å². The number of fused-ring (bicyclic) bond motifs is 3. The third-order valence-corrected chi connectivity index (χ3v) is 5.12. The summed E-state index contributed by atoms with van der Waals surface area (Å²) in [4.78, 5) is 30.1. The van der Waals surface area contributed by atoms with Crippen LogP contribution in [0.25, 0.3) is 16.3 Å². The highest BCUT2D eigenvalue weighted by Gasteiger charge is 2.21. The Morgan fingerprint density at radius 3 is 2.84 bits per heavy atom. The van der Waals surface area contributed by atoms with E-state index in [-0.39, 0.29) is 11.3 Å². The van der Waals surface area contributed by atoms with Gasteiger partial charge in [-0.2, -0.15) is 0 Å². The molecule has 1 aromatic heterocycles. The lowest BCUT2D eigenvalue weighted by atomic mass is 9.96. The highest BCUT2D eigenvalue weighted by Crippen LogP contribution is 2.30. The molecule has 1 aliphatic heterocycles. The topological polar surface area (TPSA) is 90.0 Å². The quantitative estimate of drug-likeness (QED) is 0.370. The van der Waals surface area contributed by atoms with Gasteiger partial charge in [0.25, 0.3) is 11.3 Å². The third kappa shape index (κ3) is 4.80. The summed E-state index contributed by atoms with van der Waals surface area (Å²) < 4.78 is 7.17. The number of nitro groups is 1. The number of ether oxygens (including phenoxy) is 1. The highest BCUT2D eigenvalue weighted by molar-refractivity contribution is 6.05. The van der Waals surface area contributed by atoms with Gasteiger partial charge in [-0.25, -0.2) is 0 Å². The van der Waals surface area contributed by atoms with E-state index in [1.54, 1.807) is 29.9 Å². The number of hydrogen-bond donors (Lipinski definition) is 0. The fourth-order valence-electron chi connectivity index (χ4n) is 3.52. The van der Waals surface area contributed by atoms with Crippen molar-refractivity contribution in [1.82, 2.24) is 9.47 Å². The van der Waals surface area contributed by atoms with Gasteiger partial charge in [-0.1, -0.05) is 12.2 Å². The van der Waals surface area contributed by atoms with Crippen LogP contribution in [0, 0.1) is 10.1 Å². The second-order valence-electron chi connectivity index (χ2n) is 7.52. The minimum Gasteiger partial charge on any atom is -0.497 e. The van der Waals surface area contributed by atoms with Crippen molar-refractivity contribution in [2.45, 2.75) is 13.0 Å². The number of nitrogens with zero attached hydrogens (tertiary/aromatic N) is 4. The number of rotatable bonds is 8. The number of methoxy groups -OCH3 is 1. The summed E-state index contributed by atoms with van der Waals surface area (Å²) >= 11 is 0. The molecule has 0 amide bonds. The van der Waals surface area contributed by atoms with Crippen molar-refractivity contribution in [2.75, 3.05) is 34.3 Å². The molecule has 8 nitrogen and oxygen atoms in total. The van der Waals surface area contributed by atoms with Crippen LogP contribution in [-0.4, -0.2) is 54.9 Å². The van der Waals surface area contributed by atoms with Crippen LogP contribution >= 0.6 is 0 Å². The molecule has 0 saturated carbocycles. The molecule has 0 N–H and O–H groups in total. The lowest BCUT2D eigenvalue weighted by Gasteiger charge is -2.23. The first kappa shape index (κ1) is 22.2. The minimum absolute atomic E-state index is 0.0586. The third-order valence-electron chi connectivity index (χ3n) is 5.12. The summed E-state index contributed by atoms with van der Waals surface area (Å²) in [6, 6.07) is 5.44. The Morgan fingerprint density at radius 1 is 1.39 bits per heavy atom. The maximum absolute atomic E-state index is 13.4. The molecule has 0 unspecified atom stereocenters. The molecule has 1 aliphatic rings. The molecule has 0 aliphatic carbocycles. The van der Waals surface area contributed by atoms with E-state index in [2.05, 4.69) is 11.6 Å². The fourth-order valence-corrected chi connectivity index (χ4v) is 3.52. The van der Waals surface area contributed by atoms with E-state index < -0.39 is 4.92 Å². The monoisotopic (exact) mass is 422 g/mol. The van der Waals surface area contributed by atoms with E-state index in [0.717, 1.165) is 22.2 Å². The molecule has 1 aromatic carbocycles. The Labute approximate surface area is 180 Å². The van der Waals surface area contributed by atoms with Crippen LogP contribution in [0.1, 0.15) is 17.7 Å². The number of benzene rings is 1. The minimum atomic E-state index is -0.526. The molecule has 0 saturated heterocycles.